The Hall–Kier alpha value is -2.42. The van der Waals surface area contributed by atoms with Crippen LogP contribution in [0.2, 0.25) is 19.1 Å². The van der Waals surface area contributed by atoms with Gasteiger partial charge < -0.3 is 5.73 Å². The predicted molar refractivity (Wildman–Crippen MR) is 123 cm³/mol. The van der Waals surface area contributed by atoms with Crippen molar-refractivity contribution in [3.63, 3.8) is 0 Å². The van der Waals surface area contributed by atoms with Gasteiger partial charge in [-0.2, -0.15) is 0 Å². The zero-order valence-electron chi connectivity index (χ0n) is 16.0. The Morgan fingerprint density at radius 2 is 1.22 bits per heavy atom. The molecule has 2 heteroatoms. The Kier molecular flexibility index (Phi) is 3.75. The zero-order chi connectivity index (χ0) is 18.6. The molecule has 0 bridgehead atoms. The third kappa shape index (κ3) is 2.40. The van der Waals surface area contributed by atoms with E-state index in [1.54, 1.807) is 5.19 Å². The van der Waals surface area contributed by atoms with E-state index >= 15 is 0 Å². The molecule has 0 spiro atoms. The van der Waals surface area contributed by atoms with E-state index in [4.69, 9.17) is 5.73 Å². The van der Waals surface area contributed by atoms with Crippen LogP contribution in [0.1, 0.15) is 6.42 Å². The van der Waals surface area contributed by atoms with Gasteiger partial charge in [-0.15, -0.1) is 0 Å². The molecule has 0 saturated carbocycles. The molecular formula is C25H25NSi. The summed E-state index contributed by atoms with van der Waals surface area (Å²) in [6, 6.07) is 26.3. The second kappa shape index (κ2) is 6.05. The number of nitrogens with two attached hydrogens (primary N) is 1. The number of benzene rings is 5. The lowest BCUT2D eigenvalue weighted by molar-refractivity contribution is 0.915. The zero-order valence-corrected chi connectivity index (χ0v) is 17.0. The van der Waals surface area contributed by atoms with Gasteiger partial charge in [-0.1, -0.05) is 91.1 Å². The quantitative estimate of drug-likeness (QED) is 0.235. The lowest BCUT2D eigenvalue weighted by Gasteiger charge is -2.26. The van der Waals surface area contributed by atoms with Gasteiger partial charge >= 0.3 is 0 Å². The second-order valence-corrected chi connectivity index (χ2v) is 13.2. The summed E-state index contributed by atoms with van der Waals surface area (Å²) in [7, 11) is -1.53. The monoisotopic (exact) mass is 367 g/mol. The van der Waals surface area contributed by atoms with Crippen molar-refractivity contribution in [2.24, 2.45) is 5.73 Å². The average Bonchev–Trinajstić information content (AvgIpc) is 2.70. The Morgan fingerprint density at radius 3 is 1.89 bits per heavy atom. The summed E-state index contributed by atoms with van der Waals surface area (Å²) < 4.78 is 0. The second-order valence-electron chi connectivity index (χ2n) is 8.37. The highest BCUT2D eigenvalue weighted by Gasteiger charge is 2.26. The molecule has 5 aromatic rings. The van der Waals surface area contributed by atoms with Gasteiger partial charge in [0.15, 0.2) is 0 Å². The van der Waals surface area contributed by atoms with Crippen LogP contribution in [-0.2, 0) is 0 Å². The highest BCUT2D eigenvalue weighted by Crippen LogP contribution is 2.40. The maximum Gasteiger partial charge on any atom is 0.0815 e. The molecule has 0 unspecified atom stereocenters. The normalized spacial score (nSPS) is 12.7. The van der Waals surface area contributed by atoms with Crippen molar-refractivity contribution in [2.75, 3.05) is 6.54 Å². The molecule has 0 aromatic heterocycles. The van der Waals surface area contributed by atoms with Crippen molar-refractivity contribution in [1.82, 2.24) is 0 Å². The summed E-state index contributed by atoms with van der Waals surface area (Å²) in [6.07, 6.45) is 1.12. The van der Waals surface area contributed by atoms with E-state index in [9.17, 15) is 0 Å². The van der Waals surface area contributed by atoms with E-state index in [0.717, 1.165) is 13.0 Å². The number of fused-ring (bicyclic) bond motifs is 2. The van der Waals surface area contributed by atoms with Gasteiger partial charge in [0.05, 0.1) is 8.07 Å². The van der Waals surface area contributed by atoms with Gasteiger partial charge in [0.25, 0.3) is 0 Å². The molecule has 0 heterocycles. The highest BCUT2D eigenvalue weighted by molar-refractivity contribution is 6.91. The summed E-state index contributed by atoms with van der Waals surface area (Å²) in [5.74, 6) is 0. The number of hydrogen-bond acceptors (Lipinski definition) is 1. The van der Waals surface area contributed by atoms with Crippen LogP contribution in [0.3, 0.4) is 0 Å². The van der Waals surface area contributed by atoms with Gasteiger partial charge in [-0.25, -0.2) is 0 Å². The maximum absolute atomic E-state index is 5.82. The van der Waals surface area contributed by atoms with Gasteiger partial charge in [0.1, 0.15) is 0 Å². The molecule has 134 valence electrons. The van der Waals surface area contributed by atoms with E-state index < -0.39 is 8.07 Å². The van der Waals surface area contributed by atoms with Crippen molar-refractivity contribution in [3.05, 3.63) is 66.7 Å². The molecule has 0 aliphatic heterocycles. The van der Waals surface area contributed by atoms with Gasteiger partial charge in [0.2, 0.25) is 0 Å². The number of rotatable bonds is 4. The molecule has 5 rings (SSSR count). The minimum Gasteiger partial charge on any atom is -0.330 e. The first-order valence-electron chi connectivity index (χ1n) is 9.90. The van der Waals surface area contributed by atoms with Crippen LogP contribution in [0.4, 0.5) is 0 Å². The first kappa shape index (κ1) is 16.7. The molecule has 0 aliphatic rings. The molecule has 0 amide bonds. The lowest BCUT2D eigenvalue weighted by Crippen LogP contribution is -2.42. The largest absolute Gasteiger partial charge is 0.330 e. The van der Waals surface area contributed by atoms with Crippen LogP contribution in [0, 0.1) is 0 Å². The third-order valence-corrected chi connectivity index (χ3v) is 9.76. The molecule has 0 atom stereocenters. The molecule has 0 fully saturated rings. The van der Waals surface area contributed by atoms with Crippen LogP contribution >= 0.6 is 0 Å². The SMILES string of the molecule is C[Si](C)(CCCN)c1ccc2c3cccc4cccc(c5cccc1c52)c43. The molecular weight excluding hydrogens is 342 g/mol. The topological polar surface area (TPSA) is 26.0 Å². The van der Waals surface area contributed by atoms with Crippen LogP contribution in [0.15, 0.2) is 66.7 Å². The minimum atomic E-state index is -1.53. The van der Waals surface area contributed by atoms with Gasteiger partial charge in [-0.3, -0.25) is 0 Å². The molecule has 2 N–H and O–H groups in total. The van der Waals surface area contributed by atoms with E-state index in [2.05, 4.69) is 79.8 Å². The van der Waals surface area contributed by atoms with Crippen LogP contribution in [-0.4, -0.2) is 14.6 Å². The molecule has 5 aromatic carbocycles. The van der Waals surface area contributed by atoms with E-state index in [1.165, 1.54) is 49.1 Å². The van der Waals surface area contributed by atoms with Crippen molar-refractivity contribution in [3.8, 4) is 0 Å². The summed E-state index contributed by atoms with van der Waals surface area (Å²) in [4.78, 5) is 0. The first-order chi connectivity index (χ1) is 13.1. The van der Waals surface area contributed by atoms with E-state index in [1.807, 2.05) is 0 Å². The Bertz CT molecular complexity index is 1240. The van der Waals surface area contributed by atoms with Crippen molar-refractivity contribution in [2.45, 2.75) is 25.6 Å². The lowest BCUT2D eigenvalue weighted by atomic mass is 9.90. The Balaban J connectivity index is 1.96. The molecule has 0 radical (unpaired) electrons. The fraction of sp³-hybridized carbons (Fsp3) is 0.200. The molecule has 1 nitrogen and oxygen atoms in total. The van der Waals surface area contributed by atoms with Crippen LogP contribution in [0.25, 0.3) is 43.1 Å². The number of hydrogen-bond donors (Lipinski definition) is 1. The first-order valence-corrected chi connectivity index (χ1v) is 13.1. The van der Waals surface area contributed by atoms with Gasteiger partial charge in [-0.05, 0) is 56.1 Å². The smallest absolute Gasteiger partial charge is 0.0815 e. The van der Waals surface area contributed by atoms with Crippen LogP contribution in [0.5, 0.6) is 0 Å². The fourth-order valence-corrected chi connectivity index (χ4v) is 7.74. The van der Waals surface area contributed by atoms with Crippen molar-refractivity contribution in [1.29, 1.82) is 0 Å². The van der Waals surface area contributed by atoms with E-state index in [0.29, 0.717) is 0 Å². The Morgan fingerprint density at radius 1 is 0.667 bits per heavy atom. The maximum atomic E-state index is 5.82. The summed E-state index contributed by atoms with van der Waals surface area (Å²) in [5.41, 5.74) is 5.82. The van der Waals surface area contributed by atoms with Crippen LogP contribution < -0.4 is 10.9 Å². The standard InChI is InChI=1S/C25H25NSi/c1-27(2,16-6-15-26)23-14-13-21-19-10-4-8-17-7-3-9-18(24(17)19)20-11-5-12-22(23)25(20)21/h3-5,7-14H,6,15-16,26H2,1-2H3. The predicted octanol–water partition coefficient (Wildman–Crippen LogP) is 6.00. The molecule has 27 heavy (non-hydrogen) atoms. The summed E-state index contributed by atoms with van der Waals surface area (Å²) in [6.45, 7) is 5.77. The molecule has 0 saturated heterocycles. The van der Waals surface area contributed by atoms with Crippen molar-refractivity contribution >= 4 is 56.4 Å². The summed E-state index contributed by atoms with van der Waals surface area (Å²) >= 11 is 0. The third-order valence-electron chi connectivity index (χ3n) is 6.26. The van der Waals surface area contributed by atoms with Gasteiger partial charge in [0, 0.05) is 0 Å². The minimum absolute atomic E-state index is 0.785. The average molecular weight is 368 g/mol. The highest BCUT2D eigenvalue weighted by atomic mass is 28.3. The van der Waals surface area contributed by atoms with E-state index in [-0.39, 0.29) is 0 Å². The fourth-order valence-electron chi connectivity index (χ4n) is 4.91. The Labute approximate surface area is 161 Å². The molecule has 0 aliphatic carbocycles. The van der Waals surface area contributed by atoms with Crippen molar-refractivity contribution < 1.29 is 0 Å². The summed E-state index contributed by atoms with van der Waals surface area (Å²) in [5, 5.41) is 12.7.